The summed E-state index contributed by atoms with van der Waals surface area (Å²) in [6, 6.07) is 0. The van der Waals surface area contributed by atoms with Crippen LogP contribution in [-0.2, 0) is 0 Å². The first-order valence-corrected chi connectivity index (χ1v) is 3.89. The van der Waals surface area contributed by atoms with Gasteiger partial charge in [0.05, 0.1) is 0 Å². The van der Waals surface area contributed by atoms with E-state index in [-0.39, 0.29) is 4.49 Å². The number of halogens is 3. The van der Waals surface area contributed by atoms with E-state index >= 15 is 0 Å². The Balaban J connectivity index is 0. The minimum absolute atomic E-state index is 0.0895. The van der Waals surface area contributed by atoms with Crippen LogP contribution in [0.15, 0.2) is 10.0 Å². The van der Waals surface area contributed by atoms with Gasteiger partial charge in [-0.05, 0) is 19.5 Å². The lowest BCUT2D eigenvalue weighted by atomic mass is 10.4. The zero-order valence-corrected chi connectivity index (χ0v) is 7.76. The summed E-state index contributed by atoms with van der Waals surface area (Å²) in [4.78, 5) is 0. The Kier molecular flexibility index (Phi) is 16.1. The maximum atomic E-state index is 5.06. The molecule has 10 heavy (non-hydrogen) atoms. The predicted octanol–water partition coefficient (Wildman–Crippen LogP) is 1.80. The van der Waals surface area contributed by atoms with Crippen molar-refractivity contribution in [1.82, 2.24) is 0 Å². The van der Waals surface area contributed by atoms with Crippen LogP contribution in [0.5, 0.6) is 0 Å². The van der Waals surface area contributed by atoms with Gasteiger partial charge in [0.25, 0.3) is 0 Å². The Hall–Kier alpha value is 0.530. The smallest absolute Gasteiger partial charge is 0.118 e. The molecule has 0 aliphatic carbocycles. The Labute approximate surface area is 76.1 Å². The highest BCUT2D eigenvalue weighted by molar-refractivity contribution is 6.58. The van der Waals surface area contributed by atoms with Crippen LogP contribution in [-0.4, -0.2) is 13.1 Å². The van der Waals surface area contributed by atoms with Gasteiger partial charge in [0.2, 0.25) is 0 Å². The summed E-state index contributed by atoms with van der Waals surface area (Å²) in [6.45, 7) is 1.44. The van der Waals surface area contributed by atoms with Crippen molar-refractivity contribution in [2.45, 2.75) is 6.42 Å². The van der Waals surface area contributed by atoms with Crippen molar-refractivity contribution < 1.29 is 0 Å². The molecule has 0 aromatic heterocycles. The Morgan fingerprint density at radius 1 is 1.20 bits per heavy atom. The van der Waals surface area contributed by atoms with Crippen molar-refractivity contribution in [3.05, 3.63) is 10.0 Å². The summed E-state index contributed by atoms with van der Waals surface area (Å²) < 4.78 is 0.0895. The minimum atomic E-state index is 0.0895. The van der Waals surface area contributed by atoms with Crippen molar-refractivity contribution in [3.63, 3.8) is 0 Å². The van der Waals surface area contributed by atoms with Gasteiger partial charge in [0.15, 0.2) is 0 Å². The van der Waals surface area contributed by atoms with Crippen LogP contribution < -0.4 is 11.5 Å². The van der Waals surface area contributed by atoms with E-state index in [4.69, 9.17) is 46.3 Å². The maximum absolute atomic E-state index is 5.06. The monoisotopic (exact) mass is 204 g/mol. The third-order valence-electron chi connectivity index (χ3n) is 0.491. The molecule has 0 bridgehead atoms. The molecule has 0 rings (SSSR count). The largest absolute Gasteiger partial charge is 0.330 e. The van der Waals surface area contributed by atoms with Gasteiger partial charge in [-0.15, -0.1) is 0 Å². The first kappa shape index (κ1) is 13.1. The quantitative estimate of drug-likeness (QED) is 0.722. The number of nitrogens with two attached hydrogens (primary N) is 2. The van der Waals surface area contributed by atoms with E-state index < -0.39 is 0 Å². The van der Waals surface area contributed by atoms with Crippen LogP contribution in [0.2, 0.25) is 0 Å². The SMILES string of the molecule is ClC=C(Cl)Cl.NCCCN. The maximum Gasteiger partial charge on any atom is 0.118 e. The fourth-order valence-electron chi connectivity index (χ4n) is 0.118. The second-order valence-electron chi connectivity index (χ2n) is 1.33. The Morgan fingerprint density at radius 3 is 1.50 bits per heavy atom. The van der Waals surface area contributed by atoms with E-state index in [1.54, 1.807) is 0 Å². The molecule has 0 aromatic carbocycles. The third-order valence-corrected chi connectivity index (χ3v) is 1.15. The Morgan fingerprint density at radius 2 is 1.50 bits per heavy atom. The molecule has 0 fully saturated rings. The highest BCUT2D eigenvalue weighted by atomic mass is 35.5. The van der Waals surface area contributed by atoms with Crippen molar-refractivity contribution in [1.29, 1.82) is 0 Å². The summed E-state index contributed by atoms with van der Waals surface area (Å²) in [6.07, 6.45) is 0.944. The van der Waals surface area contributed by atoms with Crippen LogP contribution in [0.1, 0.15) is 6.42 Å². The highest BCUT2D eigenvalue weighted by Gasteiger charge is 1.70. The van der Waals surface area contributed by atoms with Gasteiger partial charge in [-0.3, -0.25) is 0 Å². The Bertz CT molecular complexity index is 79.0. The summed E-state index contributed by atoms with van der Waals surface area (Å²) >= 11 is 14.8. The zero-order chi connectivity index (χ0) is 8.41. The molecular formula is C5H11Cl3N2. The number of rotatable bonds is 2. The molecule has 4 N–H and O–H groups in total. The topological polar surface area (TPSA) is 52.0 Å². The van der Waals surface area contributed by atoms with E-state index in [2.05, 4.69) is 0 Å². The minimum Gasteiger partial charge on any atom is -0.330 e. The molecule has 0 saturated carbocycles. The fraction of sp³-hybridized carbons (Fsp3) is 0.600. The molecule has 0 unspecified atom stereocenters. The molecule has 62 valence electrons. The molecular weight excluding hydrogens is 194 g/mol. The van der Waals surface area contributed by atoms with E-state index in [0.29, 0.717) is 0 Å². The molecule has 0 atom stereocenters. The van der Waals surface area contributed by atoms with E-state index in [0.717, 1.165) is 25.0 Å². The van der Waals surface area contributed by atoms with Crippen molar-refractivity contribution in [3.8, 4) is 0 Å². The number of hydrogen-bond acceptors (Lipinski definition) is 2. The van der Waals surface area contributed by atoms with Crippen LogP contribution in [0.4, 0.5) is 0 Å². The molecule has 5 heteroatoms. The summed E-state index contributed by atoms with van der Waals surface area (Å²) in [5.41, 5.74) is 11.2. The third kappa shape index (κ3) is 23.6. The van der Waals surface area contributed by atoms with Crippen molar-refractivity contribution in [2.24, 2.45) is 11.5 Å². The first-order chi connectivity index (χ1) is 4.68. The summed E-state index contributed by atoms with van der Waals surface area (Å²) in [5.74, 6) is 0. The van der Waals surface area contributed by atoms with Gasteiger partial charge in [-0.1, -0.05) is 34.8 Å². The van der Waals surface area contributed by atoms with Crippen LogP contribution >= 0.6 is 34.8 Å². The zero-order valence-electron chi connectivity index (χ0n) is 5.49. The molecule has 0 amide bonds. The molecule has 0 aliphatic heterocycles. The molecule has 0 aliphatic rings. The first-order valence-electron chi connectivity index (χ1n) is 2.70. The predicted molar refractivity (Wildman–Crippen MR) is 48.4 cm³/mol. The van der Waals surface area contributed by atoms with Gasteiger partial charge < -0.3 is 11.5 Å². The molecule has 0 aromatic rings. The van der Waals surface area contributed by atoms with Gasteiger partial charge in [-0.2, -0.15) is 0 Å². The second kappa shape index (κ2) is 12.2. The van der Waals surface area contributed by atoms with Gasteiger partial charge >= 0.3 is 0 Å². The van der Waals surface area contributed by atoms with E-state index in [1.807, 2.05) is 0 Å². The van der Waals surface area contributed by atoms with Crippen LogP contribution in [0, 0.1) is 0 Å². The van der Waals surface area contributed by atoms with Gasteiger partial charge in [0, 0.05) is 5.54 Å². The van der Waals surface area contributed by atoms with E-state index in [9.17, 15) is 0 Å². The second-order valence-corrected chi connectivity index (χ2v) is 2.56. The standard InChI is InChI=1S/C3H10N2.C2HCl3/c4-2-1-3-5;3-1-2(4)5/h1-5H2;1H. The fourth-order valence-corrected chi connectivity index (χ4v) is 0.118. The van der Waals surface area contributed by atoms with E-state index in [1.165, 1.54) is 0 Å². The number of hydrogen-bond donors (Lipinski definition) is 2. The average molecular weight is 206 g/mol. The van der Waals surface area contributed by atoms with Gasteiger partial charge in [0.1, 0.15) is 4.49 Å². The summed E-state index contributed by atoms with van der Waals surface area (Å²) in [7, 11) is 0. The lowest BCUT2D eigenvalue weighted by molar-refractivity contribution is 0.844. The molecule has 2 nitrogen and oxygen atoms in total. The molecule has 0 heterocycles. The van der Waals surface area contributed by atoms with Crippen molar-refractivity contribution in [2.75, 3.05) is 13.1 Å². The van der Waals surface area contributed by atoms with Crippen molar-refractivity contribution >= 4 is 34.8 Å². The highest BCUT2D eigenvalue weighted by Crippen LogP contribution is 2.05. The lowest BCUT2D eigenvalue weighted by Crippen LogP contribution is -2.06. The average Bonchev–Trinajstić information content (AvgIpc) is 1.91. The molecule has 0 saturated heterocycles. The van der Waals surface area contributed by atoms with Crippen LogP contribution in [0.25, 0.3) is 0 Å². The molecule has 0 spiro atoms. The lowest BCUT2D eigenvalue weighted by Gasteiger charge is -1.81. The van der Waals surface area contributed by atoms with Gasteiger partial charge in [-0.25, -0.2) is 0 Å². The normalized spacial score (nSPS) is 7.70. The molecule has 0 radical (unpaired) electrons. The summed E-state index contributed by atoms with van der Waals surface area (Å²) in [5, 5.41) is 0. The van der Waals surface area contributed by atoms with Crippen LogP contribution in [0.3, 0.4) is 0 Å².